The van der Waals surface area contributed by atoms with Crippen LogP contribution >= 0.6 is 0 Å². The number of ether oxygens (including phenoxy) is 1. The van der Waals surface area contributed by atoms with E-state index in [9.17, 15) is 4.79 Å². The van der Waals surface area contributed by atoms with Gasteiger partial charge in [-0.15, -0.1) is 0 Å². The van der Waals surface area contributed by atoms with Crippen molar-refractivity contribution < 1.29 is 9.53 Å². The van der Waals surface area contributed by atoms with Gasteiger partial charge in [0, 0.05) is 31.0 Å². The number of nitrogens with one attached hydrogen (secondary N) is 1. The number of carbonyl (C=O) groups excluding carboxylic acids is 1. The zero-order chi connectivity index (χ0) is 17.6. The summed E-state index contributed by atoms with van der Waals surface area (Å²) in [5, 5.41) is 2.89. The molecule has 1 amide bonds. The van der Waals surface area contributed by atoms with Gasteiger partial charge in [0.05, 0.1) is 0 Å². The lowest BCUT2D eigenvalue weighted by atomic mass is 10.2. The summed E-state index contributed by atoms with van der Waals surface area (Å²) < 4.78 is 5.74. The summed E-state index contributed by atoms with van der Waals surface area (Å²) in [5.74, 6) is 1.36. The van der Waals surface area contributed by atoms with E-state index in [1.807, 2.05) is 97.9 Å². The SMILES string of the molecule is CN(C)c1ccc(C(=O)Nc2ccc(Oc3ccccc3)cc2)cc1. The molecule has 0 bridgehead atoms. The van der Waals surface area contributed by atoms with Crippen molar-refractivity contribution >= 4 is 17.3 Å². The van der Waals surface area contributed by atoms with Gasteiger partial charge in [-0.1, -0.05) is 18.2 Å². The molecule has 3 rings (SSSR count). The Kier molecular flexibility index (Phi) is 5.00. The second kappa shape index (κ2) is 7.53. The van der Waals surface area contributed by atoms with Crippen LogP contribution in [-0.2, 0) is 0 Å². The highest BCUT2D eigenvalue weighted by atomic mass is 16.5. The van der Waals surface area contributed by atoms with Gasteiger partial charge in [-0.05, 0) is 60.7 Å². The molecule has 1 N–H and O–H groups in total. The average Bonchev–Trinajstić information content (AvgIpc) is 2.64. The van der Waals surface area contributed by atoms with Gasteiger partial charge in [0.1, 0.15) is 11.5 Å². The number of para-hydroxylation sites is 1. The molecule has 0 radical (unpaired) electrons. The molecular formula is C21H20N2O2. The topological polar surface area (TPSA) is 41.6 Å². The first-order valence-corrected chi connectivity index (χ1v) is 8.03. The Hall–Kier alpha value is -3.27. The molecule has 0 atom stereocenters. The van der Waals surface area contributed by atoms with E-state index in [0.29, 0.717) is 5.56 Å². The lowest BCUT2D eigenvalue weighted by Crippen LogP contribution is -2.13. The van der Waals surface area contributed by atoms with Gasteiger partial charge in [-0.25, -0.2) is 0 Å². The van der Waals surface area contributed by atoms with Crippen LogP contribution in [0.4, 0.5) is 11.4 Å². The Labute approximate surface area is 147 Å². The first-order chi connectivity index (χ1) is 12.1. The van der Waals surface area contributed by atoms with Crippen molar-refractivity contribution in [2.75, 3.05) is 24.3 Å². The molecule has 0 saturated carbocycles. The predicted molar refractivity (Wildman–Crippen MR) is 102 cm³/mol. The predicted octanol–water partition coefficient (Wildman–Crippen LogP) is 4.80. The highest BCUT2D eigenvalue weighted by Crippen LogP contribution is 2.23. The minimum absolute atomic E-state index is 0.137. The van der Waals surface area contributed by atoms with Crippen LogP contribution in [0.2, 0.25) is 0 Å². The van der Waals surface area contributed by atoms with Gasteiger partial charge < -0.3 is 15.0 Å². The van der Waals surface area contributed by atoms with E-state index in [0.717, 1.165) is 22.9 Å². The lowest BCUT2D eigenvalue weighted by Gasteiger charge is -2.12. The number of amides is 1. The van der Waals surface area contributed by atoms with Gasteiger partial charge in [-0.3, -0.25) is 4.79 Å². The molecule has 0 aromatic heterocycles. The third-order valence-corrected chi connectivity index (χ3v) is 3.74. The van der Waals surface area contributed by atoms with E-state index in [1.54, 1.807) is 0 Å². The number of nitrogens with zero attached hydrogens (tertiary/aromatic N) is 1. The molecular weight excluding hydrogens is 312 g/mol. The standard InChI is InChI=1S/C21H20N2O2/c1-23(2)18-12-8-16(9-13-18)21(24)22-17-10-14-20(15-11-17)25-19-6-4-3-5-7-19/h3-15H,1-2H3,(H,22,24). The molecule has 0 aliphatic heterocycles. The van der Waals surface area contributed by atoms with E-state index in [1.165, 1.54) is 0 Å². The fourth-order valence-corrected chi connectivity index (χ4v) is 2.35. The zero-order valence-electron chi connectivity index (χ0n) is 14.3. The van der Waals surface area contributed by atoms with Crippen molar-refractivity contribution in [3.63, 3.8) is 0 Å². The maximum atomic E-state index is 12.3. The summed E-state index contributed by atoms with van der Waals surface area (Å²) in [6.45, 7) is 0. The van der Waals surface area contributed by atoms with Crippen LogP contribution in [0, 0.1) is 0 Å². The van der Waals surface area contributed by atoms with Crippen molar-refractivity contribution in [3.8, 4) is 11.5 Å². The summed E-state index contributed by atoms with van der Waals surface area (Å²) in [6.07, 6.45) is 0. The Morgan fingerprint density at radius 2 is 1.40 bits per heavy atom. The van der Waals surface area contributed by atoms with E-state index in [4.69, 9.17) is 4.74 Å². The van der Waals surface area contributed by atoms with E-state index < -0.39 is 0 Å². The Balaban J connectivity index is 1.63. The van der Waals surface area contributed by atoms with Crippen molar-refractivity contribution in [3.05, 3.63) is 84.4 Å². The Morgan fingerprint density at radius 3 is 2.00 bits per heavy atom. The maximum absolute atomic E-state index is 12.3. The molecule has 0 spiro atoms. The number of benzene rings is 3. The van der Waals surface area contributed by atoms with Crippen LogP contribution in [0.5, 0.6) is 11.5 Å². The van der Waals surface area contributed by atoms with Crippen molar-refractivity contribution in [1.82, 2.24) is 0 Å². The largest absolute Gasteiger partial charge is 0.457 e. The monoisotopic (exact) mass is 332 g/mol. The fourth-order valence-electron chi connectivity index (χ4n) is 2.35. The van der Waals surface area contributed by atoms with Crippen LogP contribution in [0.15, 0.2) is 78.9 Å². The highest BCUT2D eigenvalue weighted by Gasteiger charge is 2.07. The highest BCUT2D eigenvalue weighted by molar-refractivity contribution is 6.04. The van der Waals surface area contributed by atoms with Crippen molar-refractivity contribution in [2.45, 2.75) is 0 Å². The van der Waals surface area contributed by atoms with Crippen LogP contribution in [0.25, 0.3) is 0 Å². The van der Waals surface area contributed by atoms with Gasteiger partial charge in [0.15, 0.2) is 0 Å². The third-order valence-electron chi connectivity index (χ3n) is 3.74. The van der Waals surface area contributed by atoms with E-state index in [2.05, 4.69) is 5.32 Å². The first-order valence-electron chi connectivity index (χ1n) is 8.03. The molecule has 0 saturated heterocycles. The van der Waals surface area contributed by atoms with Crippen molar-refractivity contribution in [1.29, 1.82) is 0 Å². The first kappa shape index (κ1) is 16.6. The third kappa shape index (κ3) is 4.38. The smallest absolute Gasteiger partial charge is 0.255 e. The average molecular weight is 332 g/mol. The second-order valence-corrected chi connectivity index (χ2v) is 5.83. The molecule has 25 heavy (non-hydrogen) atoms. The van der Waals surface area contributed by atoms with Crippen LogP contribution in [0.3, 0.4) is 0 Å². The molecule has 126 valence electrons. The lowest BCUT2D eigenvalue weighted by molar-refractivity contribution is 0.102. The van der Waals surface area contributed by atoms with Crippen LogP contribution in [-0.4, -0.2) is 20.0 Å². The summed E-state index contributed by atoms with van der Waals surface area (Å²) >= 11 is 0. The maximum Gasteiger partial charge on any atom is 0.255 e. The summed E-state index contributed by atoms with van der Waals surface area (Å²) in [5.41, 5.74) is 2.40. The number of rotatable bonds is 5. The Morgan fingerprint density at radius 1 is 0.800 bits per heavy atom. The fraction of sp³-hybridized carbons (Fsp3) is 0.0952. The molecule has 3 aromatic rings. The second-order valence-electron chi connectivity index (χ2n) is 5.83. The van der Waals surface area contributed by atoms with Gasteiger partial charge >= 0.3 is 0 Å². The Bertz CT molecular complexity index is 826. The van der Waals surface area contributed by atoms with E-state index in [-0.39, 0.29) is 5.91 Å². The van der Waals surface area contributed by atoms with Crippen LogP contribution in [0.1, 0.15) is 10.4 Å². The minimum atomic E-state index is -0.137. The number of anilines is 2. The molecule has 0 aliphatic rings. The van der Waals surface area contributed by atoms with Crippen molar-refractivity contribution in [2.24, 2.45) is 0 Å². The van der Waals surface area contributed by atoms with Gasteiger partial charge in [0.2, 0.25) is 0 Å². The summed E-state index contributed by atoms with van der Waals surface area (Å²) in [7, 11) is 3.93. The summed E-state index contributed by atoms with van der Waals surface area (Å²) in [6, 6.07) is 24.4. The molecule has 4 heteroatoms. The van der Waals surface area contributed by atoms with E-state index >= 15 is 0 Å². The molecule has 0 unspecified atom stereocenters. The molecule has 4 nitrogen and oxygen atoms in total. The molecule has 0 heterocycles. The normalized spacial score (nSPS) is 10.2. The van der Waals surface area contributed by atoms with Gasteiger partial charge in [-0.2, -0.15) is 0 Å². The molecule has 3 aromatic carbocycles. The van der Waals surface area contributed by atoms with Gasteiger partial charge in [0.25, 0.3) is 5.91 Å². The molecule has 0 aliphatic carbocycles. The van der Waals surface area contributed by atoms with Crippen LogP contribution < -0.4 is 15.0 Å². The summed E-state index contributed by atoms with van der Waals surface area (Å²) in [4.78, 5) is 14.3. The number of hydrogen-bond donors (Lipinski definition) is 1. The number of carbonyl (C=O) groups is 1. The quantitative estimate of drug-likeness (QED) is 0.730. The number of hydrogen-bond acceptors (Lipinski definition) is 3. The molecule has 0 fully saturated rings. The minimum Gasteiger partial charge on any atom is -0.457 e. The zero-order valence-corrected chi connectivity index (χ0v) is 14.3.